The molecule has 276 valence electrons. The molecule has 0 radical (unpaired) electrons. The molecule has 12 nitrogen and oxygen atoms in total. The van der Waals surface area contributed by atoms with Crippen molar-refractivity contribution in [3.05, 3.63) is 114 Å². The molecule has 0 atom stereocenters. The van der Waals surface area contributed by atoms with Gasteiger partial charge in [0.2, 0.25) is 17.8 Å². The number of nitrogen functional groups attached to an aromatic ring is 1. The SMILES string of the molecule is C=C(F)C(=O)Nc1ccc2c(-c3ccccc3CNc3nc(NCC4CCN(C(=O)Cc5ccc(N)cc5)CC4)nc4c(C(C)C)cnn34)nccc2c1. The van der Waals surface area contributed by atoms with Crippen LogP contribution in [0.4, 0.5) is 27.7 Å². The third-order valence-electron chi connectivity index (χ3n) is 9.85. The van der Waals surface area contributed by atoms with E-state index < -0.39 is 11.7 Å². The molecule has 4 heterocycles. The number of anilines is 4. The number of hydrogen-bond donors (Lipinski definition) is 4. The highest BCUT2D eigenvalue weighted by molar-refractivity contribution is 6.04. The van der Waals surface area contributed by atoms with Gasteiger partial charge in [0, 0.05) is 60.3 Å². The Labute approximate surface area is 312 Å². The third-order valence-corrected chi connectivity index (χ3v) is 9.85. The Bertz CT molecular complexity index is 2330. The van der Waals surface area contributed by atoms with Gasteiger partial charge in [0.05, 0.1) is 18.3 Å². The standard InChI is InChI=1S/C41H43FN10O2/c1-25(2)35-24-47-52-38(35)49-40(45-22-28-15-18-51(19-16-28)36(53)20-27-8-10-31(43)11-9-27)50-41(52)46-23-30-6-4-5-7-33(30)37-34-13-12-32(48-39(54)26(3)42)21-29(34)14-17-44-37/h4-14,17,21,24-25,28H,3,15-16,18-20,22-23,43H2,1-2H3,(H,48,54)(H2,45,46,49,50). The minimum atomic E-state index is -1.05. The van der Waals surface area contributed by atoms with Crippen molar-refractivity contribution in [1.29, 1.82) is 0 Å². The van der Waals surface area contributed by atoms with Gasteiger partial charge in [-0.1, -0.05) is 62.9 Å². The number of carbonyl (C=O) groups is 2. The van der Waals surface area contributed by atoms with E-state index in [9.17, 15) is 14.0 Å². The van der Waals surface area contributed by atoms with Gasteiger partial charge in [0.25, 0.3) is 5.91 Å². The van der Waals surface area contributed by atoms with Crippen LogP contribution >= 0.6 is 0 Å². The number of nitrogens with one attached hydrogen (secondary N) is 3. The summed E-state index contributed by atoms with van der Waals surface area (Å²) in [6, 6.07) is 22.7. The summed E-state index contributed by atoms with van der Waals surface area (Å²) in [4.78, 5) is 41.3. The van der Waals surface area contributed by atoms with Crippen molar-refractivity contribution < 1.29 is 14.0 Å². The van der Waals surface area contributed by atoms with Crippen molar-refractivity contribution in [1.82, 2.24) is 29.5 Å². The minimum absolute atomic E-state index is 0.136. The number of nitrogens with zero attached hydrogens (tertiary/aromatic N) is 6. The molecular weight excluding hydrogens is 684 g/mol. The first kappa shape index (κ1) is 36.0. The number of halogens is 1. The first-order valence-corrected chi connectivity index (χ1v) is 18.1. The van der Waals surface area contributed by atoms with Crippen LogP contribution in [0, 0.1) is 5.92 Å². The van der Waals surface area contributed by atoms with Gasteiger partial charge in [-0.3, -0.25) is 14.6 Å². The normalized spacial score (nSPS) is 13.4. The van der Waals surface area contributed by atoms with E-state index in [4.69, 9.17) is 20.7 Å². The number of carbonyl (C=O) groups excluding carboxylic acids is 2. The van der Waals surface area contributed by atoms with Crippen LogP contribution in [0.5, 0.6) is 0 Å². The van der Waals surface area contributed by atoms with Crippen molar-refractivity contribution in [3.63, 3.8) is 0 Å². The summed E-state index contributed by atoms with van der Waals surface area (Å²) < 4.78 is 15.1. The van der Waals surface area contributed by atoms with Crippen LogP contribution in [0.15, 0.2) is 97.6 Å². The van der Waals surface area contributed by atoms with Crippen LogP contribution in [0.1, 0.15) is 49.3 Å². The fourth-order valence-corrected chi connectivity index (χ4v) is 6.79. The van der Waals surface area contributed by atoms with Gasteiger partial charge in [0.15, 0.2) is 11.5 Å². The Balaban J connectivity index is 1.06. The summed E-state index contributed by atoms with van der Waals surface area (Å²) in [5.74, 6) is -0.163. The van der Waals surface area contributed by atoms with Crippen molar-refractivity contribution in [3.8, 4) is 11.3 Å². The highest BCUT2D eigenvalue weighted by atomic mass is 19.1. The maximum atomic E-state index is 13.3. The van der Waals surface area contributed by atoms with Crippen molar-refractivity contribution in [2.45, 2.75) is 45.6 Å². The molecule has 3 aromatic heterocycles. The smallest absolute Gasteiger partial charge is 0.283 e. The molecule has 2 amide bonds. The van der Waals surface area contributed by atoms with E-state index in [1.807, 2.05) is 71.8 Å². The quantitative estimate of drug-likeness (QED) is 0.0773. The number of fused-ring (bicyclic) bond motifs is 2. The van der Waals surface area contributed by atoms with Crippen LogP contribution in [0.2, 0.25) is 0 Å². The number of rotatable bonds is 12. The second-order valence-electron chi connectivity index (χ2n) is 13.9. The van der Waals surface area contributed by atoms with Crippen LogP contribution < -0.4 is 21.7 Å². The van der Waals surface area contributed by atoms with Crippen LogP contribution in [0.3, 0.4) is 0 Å². The lowest BCUT2D eigenvalue weighted by Crippen LogP contribution is -2.40. The lowest BCUT2D eigenvalue weighted by molar-refractivity contribution is -0.131. The number of nitrogens with two attached hydrogens (primary N) is 1. The van der Waals surface area contributed by atoms with E-state index in [-0.39, 0.29) is 11.8 Å². The lowest BCUT2D eigenvalue weighted by Gasteiger charge is -2.32. The number of benzene rings is 3. The molecule has 6 aromatic rings. The molecule has 0 unspecified atom stereocenters. The van der Waals surface area contributed by atoms with Gasteiger partial charge in [0.1, 0.15) is 0 Å². The summed E-state index contributed by atoms with van der Waals surface area (Å²) >= 11 is 0. The zero-order chi connectivity index (χ0) is 37.8. The number of pyridine rings is 1. The summed E-state index contributed by atoms with van der Waals surface area (Å²) in [7, 11) is 0. The molecule has 54 heavy (non-hydrogen) atoms. The average Bonchev–Trinajstić information content (AvgIpc) is 3.62. The molecule has 13 heteroatoms. The monoisotopic (exact) mass is 726 g/mol. The molecule has 3 aromatic carbocycles. The van der Waals surface area contributed by atoms with Gasteiger partial charge >= 0.3 is 0 Å². The van der Waals surface area contributed by atoms with Gasteiger partial charge in [-0.15, -0.1) is 0 Å². The Morgan fingerprint density at radius 3 is 2.54 bits per heavy atom. The minimum Gasteiger partial charge on any atom is -0.399 e. The molecule has 1 aliphatic rings. The molecule has 7 rings (SSSR count). The zero-order valence-corrected chi connectivity index (χ0v) is 30.3. The fraction of sp³-hybridized carbons (Fsp3) is 0.268. The van der Waals surface area contributed by atoms with E-state index in [1.165, 1.54) is 0 Å². The van der Waals surface area contributed by atoms with Crippen LogP contribution in [-0.4, -0.2) is 60.9 Å². The Morgan fingerprint density at radius 1 is 1.00 bits per heavy atom. The Kier molecular flexibility index (Phi) is 10.5. The first-order valence-electron chi connectivity index (χ1n) is 18.1. The number of amides is 2. The molecule has 0 bridgehead atoms. The van der Waals surface area contributed by atoms with Gasteiger partial charge in [-0.25, -0.2) is 4.39 Å². The lowest BCUT2D eigenvalue weighted by atomic mass is 9.96. The van der Waals surface area contributed by atoms with Crippen molar-refractivity contribution in [2.75, 3.05) is 41.3 Å². The summed E-state index contributed by atoms with van der Waals surface area (Å²) in [6.07, 6.45) is 5.71. The predicted molar refractivity (Wildman–Crippen MR) is 211 cm³/mol. The molecule has 0 aliphatic carbocycles. The number of piperidine rings is 1. The molecule has 1 aliphatic heterocycles. The molecular formula is C41H43FN10O2. The number of aromatic nitrogens is 5. The number of hydrogen-bond acceptors (Lipinski definition) is 9. The largest absolute Gasteiger partial charge is 0.399 e. The Hall–Kier alpha value is -6.37. The van der Waals surface area contributed by atoms with Crippen molar-refractivity contribution >= 4 is 51.5 Å². The number of likely N-dealkylation sites (tertiary alicyclic amines) is 1. The molecule has 5 N–H and O–H groups in total. The summed E-state index contributed by atoms with van der Waals surface area (Å²) in [6.45, 7) is 9.83. The predicted octanol–water partition coefficient (Wildman–Crippen LogP) is 6.97. The average molecular weight is 727 g/mol. The third kappa shape index (κ3) is 7.99. The van der Waals surface area contributed by atoms with Crippen LogP contribution in [-0.2, 0) is 22.6 Å². The zero-order valence-electron chi connectivity index (χ0n) is 30.3. The van der Waals surface area contributed by atoms with E-state index >= 15 is 0 Å². The van der Waals surface area contributed by atoms with Gasteiger partial charge < -0.3 is 26.6 Å². The maximum absolute atomic E-state index is 13.3. The van der Waals surface area contributed by atoms with Gasteiger partial charge in [-0.05, 0) is 71.5 Å². The highest BCUT2D eigenvalue weighted by Crippen LogP contribution is 2.32. The topological polar surface area (TPSA) is 155 Å². The molecule has 1 saturated heterocycles. The highest BCUT2D eigenvalue weighted by Gasteiger charge is 2.24. The second kappa shape index (κ2) is 15.7. The summed E-state index contributed by atoms with van der Waals surface area (Å²) in [5.41, 5.74) is 12.3. The second-order valence-corrected chi connectivity index (χ2v) is 13.9. The van der Waals surface area contributed by atoms with E-state index in [2.05, 4.69) is 41.5 Å². The van der Waals surface area contributed by atoms with Gasteiger partial charge in [-0.2, -0.15) is 19.6 Å². The summed E-state index contributed by atoms with van der Waals surface area (Å²) in [5, 5.41) is 15.9. The van der Waals surface area contributed by atoms with E-state index in [0.29, 0.717) is 61.8 Å². The molecule has 1 fully saturated rings. The van der Waals surface area contributed by atoms with Crippen LogP contribution in [0.25, 0.3) is 27.7 Å². The van der Waals surface area contributed by atoms with Crippen molar-refractivity contribution in [2.24, 2.45) is 5.92 Å². The van der Waals surface area contributed by atoms with E-state index in [0.717, 1.165) is 57.2 Å². The molecule has 0 spiro atoms. The fourth-order valence-electron chi connectivity index (χ4n) is 6.79. The maximum Gasteiger partial charge on any atom is 0.283 e. The molecule has 0 saturated carbocycles. The Morgan fingerprint density at radius 2 is 1.78 bits per heavy atom. The van der Waals surface area contributed by atoms with E-state index in [1.54, 1.807) is 22.8 Å². The first-order chi connectivity index (χ1) is 26.1.